The number of benzene rings is 2. The molecule has 1 fully saturated rings. The maximum absolute atomic E-state index is 14.0. The van der Waals surface area contributed by atoms with Crippen LogP contribution in [0.15, 0.2) is 109 Å². The second kappa shape index (κ2) is 13.7. The molecular weight excluding hydrogens is 663 g/mol. The van der Waals surface area contributed by atoms with Crippen molar-refractivity contribution >= 4 is 33.0 Å². The molecule has 51 heavy (non-hydrogen) atoms. The molecule has 262 valence electrons. The third-order valence-electron chi connectivity index (χ3n) is 8.94. The summed E-state index contributed by atoms with van der Waals surface area (Å²) < 4.78 is 36.7. The van der Waals surface area contributed by atoms with Crippen molar-refractivity contribution in [1.29, 1.82) is 0 Å². The van der Waals surface area contributed by atoms with Crippen molar-refractivity contribution < 1.29 is 17.9 Å². The minimum Gasteiger partial charge on any atom is -0.444 e. The summed E-state index contributed by atoms with van der Waals surface area (Å²) in [5.74, 6) is 0.815. The number of nitrogens with zero attached hydrogens (tertiary/aromatic N) is 7. The van der Waals surface area contributed by atoms with Crippen molar-refractivity contribution in [2.75, 3.05) is 31.1 Å². The Labute approximate surface area is 298 Å². The molecule has 0 radical (unpaired) electrons. The van der Waals surface area contributed by atoms with Gasteiger partial charge in [0, 0.05) is 85.2 Å². The van der Waals surface area contributed by atoms with Gasteiger partial charge in [0.2, 0.25) is 0 Å². The van der Waals surface area contributed by atoms with Gasteiger partial charge in [-0.25, -0.2) is 27.2 Å². The van der Waals surface area contributed by atoms with Gasteiger partial charge in [0.15, 0.2) is 5.65 Å². The van der Waals surface area contributed by atoms with Crippen LogP contribution < -0.4 is 4.90 Å². The van der Waals surface area contributed by atoms with E-state index in [0.29, 0.717) is 49.3 Å². The number of hydrogen-bond acceptors (Lipinski definition) is 8. The molecule has 1 aliphatic heterocycles. The molecule has 5 heterocycles. The van der Waals surface area contributed by atoms with E-state index in [9.17, 15) is 13.2 Å². The first-order valence-corrected chi connectivity index (χ1v) is 18.5. The first kappa shape index (κ1) is 34.0. The quantitative estimate of drug-likeness (QED) is 0.170. The molecule has 1 aliphatic rings. The molecule has 0 atom stereocenters. The summed E-state index contributed by atoms with van der Waals surface area (Å²) in [5, 5.41) is 5.30. The van der Waals surface area contributed by atoms with Crippen molar-refractivity contribution in [1.82, 2.24) is 28.6 Å². The molecule has 0 unspecified atom stereocenters. The van der Waals surface area contributed by atoms with Crippen LogP contribution in [0.2, 0.25) is 0 Å². The zero-order chi connectivity index (χ0) is 35.8. The van der Waals surface area contributed by atoms with Crippen molar-refractivity contribution in [3.63, 3.8) is 0 Å². The largest absolute Gasteiger partial charge is 0.444 e. The molecule has 1 amide bonds. The van der Waals surface area contributed by atoms with Gasteiger partial charge in [-0.05, 0) is 70.0 Å². The highest BCUT2D eigenvalue weighted by molar-refractivity contribution is 7.90. The normalized spacial score (nSPS) is 13.9. The first-order chi connectivity index (χ1) is 24.4. The van der Waals surface area contributed by atoms with Gasteiger partial charge in [0.25, 0.3) is 10.0 Å². The molecule has 0 aliphatic carbocycles. The zero-order valence-corrected chi connectivity index (χ0v) is 30.0. The molecule has 0 bridgehead atoms. The van der Waals surface area contributed by atoms with Crippen molar-refractivity contribution in [2.45, 2.75) is 51.2 Å². The highest BCUT2D eigenvalue weighted by atomic mass is 32.2. The summed E-state index contributed by atoms with van der Waals surface area (Å²) in [7, 11) is -3.95. The van der Waals surface area contributed by atoms with Crippen LogP contribution in [0.3, 0.4) is 0 Å². The Kier molecular flexibility index (Phi) is 9.11. The number of carbonyl (C=O) groups excluding carboxylic acids is 1. The second-order valence-corrected chi connectivity index (χ2v) is 15.7. The van der Waals surface area contributed by atoms with E-state index in [1.807, 2.05) is 75.0 Å². The molecular formula is C39H41N7O4S. The van der Waals surface area contributed by atoms with E-state index < -0.39 is 15.6 Å². The van der Waals surface area contributed by atoms with Gasteiger partial charge in [0.05, 0.1) is 11.1 Å². The van der Waals surface area contributed by atoms with Crippen molar-refractivity contribution in [2.24, 2.45) is 0 Å². The third-order valence-corrected chi connectivity index (χ3v) is 10.6. The molecule has 0 saturated carbocycles. The number of ether oxygens (including phenoxy) is 1. The number of carbonyl (C=O) groups is 1. The van der Waals surface area contributed by atoms with E-state index in [2.05, 4.69) is 22.1 Å². The summed E-state index contributed by atoms with van der Waals surface area (Å²) in [6.07, 6.45) is 9.38. The third kappa shape index (κ3) is 7.36. The highest BCUT2D eigenvalue weighted by Gasteiger charge is 2.27. The van der Waals surface area contributed by atoms with Crippen LogP contribution in [-0.4, -0.2) is 74.9 Å². The topological polar surface area (TPSA) is 115 Å². The Morgan fingerprint density at radius 1 is 0.824 bits per heavy atom. The zero-order valence-electron chi connectivity index (χ0n) is 29.2. The van der Waals surface area contributed by atoms with Crippen molar-refractivity contribution in [3.05, 3.63) is 115 Å². The lowest BCUT2D eigenvalue weighted by molar-refractivity contribution is 0.0240. The van der Waals surface area contributed by atoms with Crippen LogP contribution in [0, 0.1) is 6.92 Å². The fourth-order valence-electron chi connectivity index (χ4n) is 6.18. The number of pyridine rings is 2. The number of anilines is 1. The predicted octanol–water partition coefficient (Wildman–Crippen LogP) is 6.81. The lowest BCUT2D eigenvalue weighted by Gasteiger charge is -2.36. The van der Waals surface area contributed by atoms with Crippen LogP contribution in [0.1, 0.15) is 31.9 Å². The molecule has 12 heteroatoms. The molecule has 7 rings (SSSR count). The van der Waals surface area contributed by atoms with Crippen LogP contribution >= 0.6 is 0 Å². The minimum atomic E-state index is -3.95. The van der Waals surface area contributed by atoms with Gasteiger partial charge in [-0.3, -0.25) is 4.68 Å². The summed E-state index contributed by atoms with van der Waals surface area (Å²) in [6.45, 7) is 10.6. The fourth-order valence-corrected chi connectivity index (χ4v) is 7.50. The van der Waals surface area contributed by atoms with Gasteiger partial charge in [-0.1, -0.05) is 48.0 Å². The van der Waals surface area contributed by atoms with Crippen LogP contribution in [0.25, 0.3) is 33.3 Å². The Morgan fingerprint density at radius 3 is 2.24 bits per heavy atom. The molecule has 1 saturated heterocycles. The Morgan fingerprint density at radius 2 is 1.55 bits per heavy atom. The summed E-state index contributed by atoms with van der Waals surface area (Å²) in [5.41, 5.74) is 5.15. The maximum atomic E-state index is 14.0. The average Bonchev–Trinajstić information content (AvgIpc) is 3.76. The number of aryl methyl sites for hydroxylation is 3. The van der Waals surface area contributed by atoms with Crippen LogP contribution in [0.4, 0.5) is 10.6 Å². The molecule has 0 spiro atoms. The van der Waals surface area contributed by atoms with Crippen LogP contribution in [-0.2, 0) is 27.7 Å². The van der Waals surface area contributed by atoms with Gasteiger partial charge in [0.1, 0.15) is 11.4 Å². The number of hydrogen-bond donors (Lipinski definition) is 0. The van der Waals surface area contributed by atoms with E-state index in [1.165, 1.54) is 9.54 Å². The van der Waals surface area contributed by atoms with Gasteiger partial charge < -0.3 is 14.5 Å². The highest BCUT2D eigenvalue weighted by Crippen LogP contribution is 2.35. The number of fused-ring (bicyclic) bond motifs is 1. The first-order valence-electron chi connectivity index (χ1n) is 17.0. The number of aromatic nitrogens is 5. The average molecular weight is 704 g/mol. The summed E-state index contributed by atoms with van der Waals surface area (Å²) >= 11 is 0. The van der Waals surface area contributed by atoms with Gasteiger partial charge in [-0.15, -0.1) is 0 Å². The second-order valence-electron chi connectivity index (χ2n) is 13.8. The Bertz CT molecular complexity index is 2270. The monoisotopic (exact) mass is 703 g/mol. The lowest BCUT2D eigenvalue weighted by Crippen LogP contribution is -2.50. The minimum absolute atomic E-state index is 0.188. The molecule has 0 N–H and O–H groups in total. The SMILES string of the molecule is Cc1ccc(S(=O)(=O)n2cc(-c3cnn(CCc4ccccc4)c3)c3cc(-c4ccc(N5CCN(C(=O)OC(C)(C)C)CC5)nc4)cnc32)cc1. The number of piperazine rings is 1. The summed E-state index contributed by atoms with van der Waals surface area (Å²) in [6, 6.07) is 23.0. The molecule has 6 aromatic rings. The van der Waals surface area contributed by atoms with Crippen LogP contribution in [0.5, 0.6) is 0 Å². The number of rotatable bonds is 8. The lowest BCUT2D eigenvalue weighted by atomic mass is 10.1. The molecule has 2 aromatic carbocycles. The van der Waals surface area contributed by atoms with Gasteiger partial charge in [-0.2, -0.15) is 5.10 Å². The van der Waals surface area contributed by atoms with E-state index >= 15 is 0 Å². The predicted molar refractivity (Wildman–Crippen MR) is 198 cm³/mol. The number of amides is 1. The molecule has 11 nitrogen and oxygen atoms in total. The van der Waals surface area contributed by atoms with E-state index in [0.717, 1.165) is 34.5 Å². The fraction of sp³-hybridized carbons (Fsp3) is 0.282. The maximum Gasteiger partial charge on any atom is 0.410 e. The Hall–Kier alpha value is -5.49. The molecule has 4 aromatic heterocycles. The standard InChI is InChI=1S/C39H41N7O4S/c1-28-10-13-33(14-11-28)51(48,49)46-27-35(32-25-42-45(26-32)17-16-29-8-6-5-7-9-29)34-22-31(24-41-37(34)46)30-12-15-36(40-23-30)43-18-20-44(21-19-43)38(47)50-39(2,3)4/h5-15,22-27H,16-21H2,1-4H3. The Balaban J connectivity index is 1.18. The van der Waals surface area contributed by atoms with Crippen molar-refractivity contribution in [3.8, 4) is 22.3 Å². The smallest absolute Gasteiger partial charge is 0.410 e. The summed E-state index contributed by atoms with van der Waals surface area (Å²) in [4.78, 5) is 26.1. The van der Waals surface area contributed by atoms with E-state index in [-0.39, 0.29) is 11.0 Å². The van der Waals surface area contributed by atoms with E-state index in [4.69, 9.17) is 14.7 Å². The van der Waals surface area contributed by atoms with E-state index in [1.54, 1.807) is 54.0 Å². The van der Waals surface area contributed by atoms with Gasteiger partial charge >= 0.3 is 6.09 Å².